The van der Waals surface area contributed by atoms with Gasteiger partial charge in [0.2, 0.25) is 0 Å². The molecule has 1 atom stereocenters. The molecule has 0 saturated carbocycles. The fraction of sp³-hybridized carbons (Fsp3) is 0.643. The first-order valence-corrected chi connectivity index (χ1v) is 7.04. The van der Waals surface area contributed by atoms with Gasteiger partial charge in [0, 0.05) is 12.6 Å². The van der Waals surface area contributed by atoms with Crippen molar-refractivity contribution < 1.29 is 9.21 Å². The Morgan fingerprint density at radius 1 is 1.58 bits per heavy atom. The van der Waals surface area contributed by atoms with Crippen molar-refractivity contribution in [2.75, 3.05) is 19.6 Å². The molecule has 0 spiro atoms. The highest BCUT2D eigenvalue weighted by molar-refractivity contribution is 5.93. The summed E-state index contributed by atoms with van der Waals surface area (Å²) in [5.41, 5.74) is 6.01. The first-order chi connectivity index (χ1) is 9.24. The Bertz CT molecular complexity index is 417. The van der Waals surface area contributed by atoms with E-state index in [1.807, 2.05) is 0 Å². The molecular weight excluding hydrogens is 242 g/mol. The summed E-state index contributed by atoms with van der Waals surface area (Å²) in [5, 5.41) is 2.99. The Morgan fingerprint density at radius 2 is 2.42 bits per heavy atom. The van der Waals surface area contributed by atoms with Crippen molar-refractivity contribution in [3.63, 3.8) is 0 Å². The molecular formula is C14H23N3O2. The Morgan fingerprint density at radius 3 is 3.11 bits per heavy atom. The zero-order valence-electron chi connectivity index (χ0n) is 11.5. The maximum atomic E-state index is 12.0. The smallest absolute Gasteiger partial charge is 0.254 e. The highest BCUT2D eigenvalue weighted by atomic mass is 16.3. The lowest BCUT2D eigenvalue weighted by molar-refractivity contribution is 0.0917. The number of rotatable bonds is 5. The van der Waals surface area contributed by atoms with Gasteiger partial charge >= 0.3 is 0 Å². The first kappa shape index (κ1) is 14.1. The minimum Gasteiger partial charge on any atom is -0.467 e. The van der Waals surface area contributed by atoms with Gasteiger partial charge in [-0.1, -0.05) is 13.3 Å². The van der Waals surface area contributed by atoms with E-state index < -0.39 is 0 Å². The number of hydrogen-bond acceptors (Lipinski definition) is 4. The van der Waals surface area contributed by atoms with Gasteiger partial charge < -0.3 is 15.5 Å². The third kappa shape index (κ3) is 3.58. The molecule has 19 heavy (non-hydrogen) atoms. The number of furan rings is 1. The van der Waals surface area contributed by atoms with Crippen LogP contribution in [0.3, 0.4) is 0 Å². The van der Waals surface area contributed by atoms with Crippen LogP contribution in [0.25, 0.3) is 0 Å². The van der Waals surface area contributed by atoms with E-state index in [4.69, 9.17) is 10.2 Å². The quantitative estimate of drug-likeness (QED) is 0.843. The van der Waals surface area contributed by atoms with Gasteiger partial charge in [0.1, 0.15) is 12.0 Å². The third-order valence-corrected chi connectivity index (χ3v) is 3.77. The van der Waals surface area contributed by atoms with Crippen molar-refractivity contribution in [2.45, 2.75) is 38.8 Å². The van der Waals surface area contributed by atoms with Crippen LogP contribution in [0.2, 0.25) is 0 Å². The summed E-state index contributed by atoms with van der Waals surface area (Å²) < 4.78 is 5.17. The first-order valence-electron chi connectivity index (χ1n) is 7.04. The molecule has 1 aromatic heterocycles. The molecule has 1 aromatic rings. The molecule has 0 aromatic carbocycles. The van der Waals surface area contributed by atoms with Crippen LogP contribution in [-0.2, 0) is 6.54 Å². The molecule has 3 N–H and O–H groups in total. The van der Waals surface area contributed by atoms with Crippen LogP contribution in [-0.4, -0.2) is 36.5 Å². The van der Waals surface area contributed by atoms with Crippen molar-refractivity contribution in [3.05, 3.63) is 23.7 Å². The van der Waals surface area contributed by atoms with Gasteiger partial charge in [-0.25, -0.2) is 0 Å². The fourth-order valence-corrected chi connectivity index (χ4v) is 2.63. The van der Waals surface area contributed by atoms with Gasteiger partial charge in [0.15, 0.2) is 0 Å². The Labute approximate surface area is 114 Å². The van der Waals surface area contributed by atoms with Crippen molar-refractivity contribution >= 4 is 5.91 Å². The van der Waals surface area contributed by atoms with Crippen molar-refractivity contribution in [1.82, 2.24) is 10.2 Å². The second-order valence-electron chi connectivity index (χ2n) is 4.99. The molecule has 1 amide bonds. The highest BCUT2D eigenvalue weighted by Gasteiger charge is 2.21. The van der Waals surface area contributed by atoms with Crippen LogP contribution < -0.4 is 11.1 Å². The monoisotopic (exact) mass is 265 g/mol. The normalized spacial score (nSPS) is 20.4. The van der Waals surface area contributed by atoms with Crippen molar-refractivity contribution in [3.8, 4) is 0 Å². The number of carbonyl (C=O) groups excluding carboxylic acids is 1. The summed E-state index contributed by atoms with van der Waals surface area (Å²) in [7, 11) is 0. The number of nitrogens with zero attached hydrogens (tertiary/aromatic N) is 1. The van der Waals surface area contributed by atoms with Gasteiger partial charge in [-0.15, -0.1) is 0 Å². The van der Waals surface area contributed by atoms with E-state index in [1.165, 1.54) is 19.1 Å². The molecule has 0 radical (unpaired) electrons. The van der Waals surface area contributed by atoms with Crippen LogP contribution in [0.1, 0.15) is 42.3 Å². The van der Waals surface area contributed by atoms with Crippen molar-refractivity contribution in [1.29, 1.82) is 0 Å². The van der Waals surface area contributed by atoms with Crippen LogP contribution in [0.15, 0.2) is 16.7 Å². The van der Waals surface area contributed by atoms with Gasteiger partial charge in [-0.05, 0) is 32.0 Å². The summed E-state index contributed by atoms with van der Waals surface area (Å²) in [4.78, 5) is 14.4. The van der Waals surface area contributed by atoms with Gasteiger partial charge in [0.05, 0.1) is 12.1 Å². The number of likely N-dealkylation sites (N-methyl/N-ethyl adjacent to an activating group) is 1. The van der Waals surface area contributed by atoms with Crippen LogP contribution in [0.4, 0.5) is 0 Å². The van der Waals surface area contributed by atoms with Gasteiger partial charge in [-0.2, -0.15) is 0 Å². The molecule has 1 fully saturated rings. The third-order valence-electron chi connectivity index (χ3n) is 3.77. The largest absolute Gasteiger partial charge is 0.467 e. The van der Waals surface area contributed by atoms with Crippen LogP contribution >= 0.6 is 0 Å². The predicted octanol–water partition coefficient (Wildman–Crippen LogP) is 1.34. The number of amides is 1. The minimum atomic E-state index is -0.0786. The Kier molecular flexibility index (Phi) is 4.99. The molecule has 1 aliphatic rings. The zero-order valence-corrected chi connectivity index (χ0v) is 11.5. The second kappa shape index (κ2) is 6.73. The fourth-order valence-electron chi connectivity index (χ4n) is 2.63. The summed E-state index contributed by atoms with van der Waals surface area (Å²) in [6.07, 6.45) is 5.14. The van der Waals surface area contributed by atoms with Crippen LogP contribution in [0, 0.1) is 0 Å². The van der Waals surface area contributed by atoms with E-state index in [9.17, 15) is 4.79 Å². The second-order valence-corrected chi connectivity index (χ2v) is 4.99. The van der Waals surface area contributed by atoms with E-state index in [2.05, 4.69) is 17.1 Å². The zero-order chi connectivity index (χ0) is 13.7. The van der Waals surface area contributed by atoms with Gasteiger partial charge in [0.25, 0.3) is 5.91 Å². The summed E-state index contributed by atoms with van der Waals surface area (Å²) in [6, 6.07) is 2.16. The predicted molar refractivity (Wildman–Crippen MR) is 73.8 cm³/mol. The molecule has 5 nitrogen and oxygen atoms in total. The van der Waals surface area contributed by atoms with Crippen molar-refractivity contribution in [2.24, 2.45) is 5.73 Å². The van der Waals surface area contributed by atoms with Crippen LogP contribution in [0.5, 0.6) is 0 Å². The summed E-state index contributed by atoms with van der Waals surface area (Å²) in [5.74, 6) is 0.558. The number of nitrogens with two attached hydrogens (primary N) is 1. The minimum absolute atomic E-state index is 0.0786. The molecule has 1 saturated heterocycles. The Hall–Kier alpha value is -1.33. The number of piperidine rings is 1. The molecule has 5 heteroatoms. The maximum absolute atomic E-state index is 12.0. The molecule has 2 heterocycles. The molecule has 0 aliphatic carbocycles. The highest BCUT2D eigenvalue weighted by Crippen LogP contribution is 2.16. The molecule has 1 aliphatic heterocycles. The molecule has 2 rings (SSSR count). The topological polar surface area (TPSA) is 71.5 Å². The Balaban J connectivity index is 1.85. The van der Waals surface area contributed by atoms with Gasteiger partial charge in [-0.3, -0.25) is 9.69 Å². The molecule has 1 unspecified atom stereocenters. The SMILES string of the molecule is CCN1CCCCC1CNC(=O)c1coc(CN)c1. The summed E-state index contributed by atoms with van der Waals surface area (Å²) >= 11 is 0. The molecule has 106 valence electrons. The average molecular weight is 265 g/mol. The standard InChI is InChI=1S/C14H23N3O2/c1-2-17-6-4-3-5-12(17)9-16-14(18)11-7-13(8-15)19-10-11/h7,10,12H,2-6,8-9,15H2,1H3,(H,16,18). The average Bonchev–Trinajstić information content (AvgIpc) is 2.94. The maximum Gasteiger partial charge on any atom is 0.254 e. The number of carbonyl (C=O) groups is 1. The molecule has 0 bridgehead atoms. The van der Waals surface area contributed by atoms with E-state index in [0.717, 1.165) is 19.5 Å². The van der Waals surface area contributed by atoms with E-state index in [-0.39, 0.29) is 5.91 Å². The van der Waals surface area contributed by atoms with E-state index in [0.29, 0.717) is 30.5 Å². The lowest BCUT2D eigenvalue weighted by Crippen LogP contribution is -2.46. The summed E-state index contributed by atoms with van der Waals surface area (Å²) in [6.45, 7) is 5.38. The number of likely N-dealkylation sites (tertiary alicyclic amines) is 1. The lowest BCUT2D eigenvalue weighted by Gasteiger charge is -2.34. The lowest BCUT2D eigenvalue weighted by atomic mass is 10.0. The van der Waals surface area contributed by atoms with E-state index in [1.54, 1.807) is 6.07 Å². The number of nitrogens with one attached hydrogen (secondary N) is 1. The van der Waals surface area contributed by atoms with E-state index >= 15 is 0 Å². The number of hydrogen-bond donors (Lipinski definition) is 2.